The van der Waals surface area contributed by atoms with Crippen LogP contribution in [0.25, 0.3) is 10.9 Å². The van der Waals surface area contributed by atoms with E-state index in [4.69, 9.17) is 0 Å². The number of fused-ring (bicyclic) bond motifs is 4. The summed E-state index contributed by atoms with van der Waals surface area (Å²) in [4.78, 5) is 48.4. The Labute approximate surface area is 190 Å². The molecule has 3 aromatic rings. The van der Waals surface area contributed by atoms with E-state index in [-0.39, 0.29) is 29.7 Å². The highest BCUT2D eigenvalue weighted by molar-refractivity contribution is 6.07. The van der Waals surface area contributed by atoms with Crippen LogP contribution in [-0.4, -0.2) is 43.6 Å². The van der Waals surface area contributed by atoms with Crippen molar-refractivity contribution in [2.75, 3.05) is 4.90 Å². The van der Waals surface area contributed by atoms with E-state index in [1.165, 1.54) is 15.8 Å². The Balaban J connectivity index is 1.57. The summed E-state index contributed by atoms with van der Waals surface area (Å²) in [6.07, 6.45) is 1.25. The Kier molecular flexibility index (Phi) is 4.11. The van der Waals surface area contributed by atoms with E-state index < -0.39 is 23.9 Å². The molecule has 8 nitrogen and oxygen atoms in total. The van der Waals surface area contributed by atoms with E-state index in [2.05, 4.69) is 4.98 Å². The molecular formula is C25H24N4O4. The molecule has 3 aliphatic rings. The maximum absolute atomic E-state index is 13.9. The first kappa shape index (κ1) is 20.1. The summed E-state index contributed by atoms with van der Waals surface area (Å²) in [6, 6.07) is 12.6. The highest BCUT2D eigenvalue weighted by Gasteiger charge is 2.67. The summed E-state index contributed by atoms with van der Waals surface area (Å²) in [5.41, 5.74) is -0.0453. The first-order valence-corrected chi connectivity index (χ1v) is 11.3. The van der Waals surface area contributed by atoms with E-state index in [9.17, 15) is 19.5 Å². The van der Waals surface area contributed by atoms with Gasteiger partial charge in [0.25, 0.3) is 11.5 Å². The third-order valence-electron chi connectivity index (χ3n) is 7.61. The van der Waals surface area contributed by atoms with Crippen LogP contribution in [0.4, 0.5) is 5.69 Å². The number of hydrogen-bond acceptors (Lipinski definition) is 5. The van der Waals surface area contributed by atoms with Gasteiger partial charge in [-0.25, -0.2) is 4.98 Å². The first-order valence-electron chi connectivity index (χ1n) is 11.3. The molecule has 2 saturated heterocycles. The quantitative estimate of drug-likeness (QED) is 0.668. The van der Waals surface area contributed by atoms with Crippen molar-refractivity contribution in [2.45, 2.75) is 50.5 Å². The zero-order valence-electron chi connectivity index (χ0n) is 18.4. The standard InChI is InChI=1S/C25H24N4O4/c1-3-14(2)20-23(32)28-18-11-7-5-9-16(18)25(33)12-19(22(31)29(20)24(25)28)27-13-26-17-10-6-4-8-15(17)21(27)30/h4-11,13-14,19-20,24,33H,3,12H2,1-2H3/t14-,19+,20+,24+,25-/m0/s1. The zero-order chi connectivity index (χ0) is 23.1. The minimum absolute atomic E-state index is 0.0130. The molecule has 1 N–H and O–H groups in total. The van der Waals surface area contributed by atoms with Crippen molar-refractivity contribution in [2.24, 2.45) is 5.92 Å². The van der Waals surface area contributed by atoms with Crippen LogP contribution in [0, 0.1) is 5.92 Å². The van der Waals surface area contributed by atoms with Gasteiger partial charge in [-0.2, -0.15) is 0 Å². The lowest BCUT2D eigenvalue weighted by atomic mass is 9.81. The summed E-state index contributed by atoms with van der Waals surface area (Å²) < 4.78 is 1.32. The average Bonchev–Trinajstić information content (AvgIpc) is 3.29. The summed E-state index contributed by atoms with van der Waals surface area (Å²) in [7, 11) is 0. The number of aliphatic hydroxyl groups is 1. The normalized spacial score (nSPS) is 28.9. The fourth-order valence-corrected chi connectivity index (χ4v) is 5.83. The van der Waals surface area contributed by atoms with Gasteiger partial charge in [0.15, 0.2) is 0 Å². The van der Waals surface area contributed by atoms with Crippen molar-refractivity contribution in [1.82, 2.24) is 14.5 Å². The van der Waals surface area contributed by atoms with Crippen molar-refractivity contribution in [3.63, 3.8) is 0 Å². The lowest BCUT2D eigenvalue weighted by Crippen LogP contribution is -2.62. The van der Waals surface area contributed by atoms with E-state index in [1.54, 1.807) is 35.2 Å². The molecule has 0 saturated carbocycles. The molecule has 168 valence electrons. The number of nitrogens with zero attached hydrogens (tertiary/aromatic N) is 4. The number of aromatic nitrogens is 2. The molecule has 1 aromatic heterocycles. The number of piperidine rings is 1. The molecule has 33 heavy (non-hydrogen) atoms. The van der Waals surface area contributed by atoms with Gasteiger partial charge >= 0.3 is 0 Å². The van der Waals surface area contributed by atoms with Crippen molar-refractivity contribution in [3.8, 4) is 0 Å². The van der Waals surface area contributed by atoms with E-state index in [0.29, 0.717) is 28.6 Å². The zero-order valence-corrected chi connectivity index (χ0v) is 18.4. The number of rotatable bonds is 3. The molecule has 6 rings (SSSR count). The lowest BCUT2D eigenvalue weighted by Gasteiger charge is -2.45. The smallest absolute Gasteiger partial charge is 0.261 e. The number of para-hydroxylation sites is 2. The molecule has 0 radical (unpaired) electrons. The van der Waals surface area contributed by atoms with Crippen molar-refractivity contribution < 1.29 is 14.7 Å². The maximum atomic E-state index is 13.9. The second-order valence-electron chi connectivity index (χ2n) is 9.29. The fourth-order valence-electron chi connectivity index (χ4n) is 5.83. The molecular weight excluding hydrogens is 420 g/mol. The van der Waals surface area contributed by atoms with Gasteiger partial charge in [-0.05, 0) is 24.1 Å². The Morgan fingerprint density at radius 3 is 2.61 bits per heavy atom. The fraction of sp³-hybridized carbons (Fsp3) is 0.360. The highest BCUT2D eigenvalue weighted by Crippen LogP contribution is 2.56. The molecule has 2 aromatic carbocycles. The number of carbonyl (C=O) groups is 2. The largest absolute Gasteiger partial charge is 0.381 e. The number of hydrogen-bond donors (Lipinski definition) is 1. The van der Waals surface area contributed by atoms with Gasteiger partial charge in [0.1, 0.15) is 23.9 Å². The molecule has 4 heterocycles. The Morgan fingerprint density at radius 1 is 1.09 bits per heavy atom. The summed E-state index contributed by atoms with van der Waals surface area (Å²) >= 11 is 0. The topological polar surface area (TPSA) is 95.7 Å². The lowest BCUT2D eigenvalue weighted by molar-refractivity contribution is -0.160. The first-order chi connectivity index (χ1) is 15.9. The third kappa shape index (κ3) is 2.44. The van der Waals surface area contributed by atoms with Crippen molar-refractivity contribution >= 4 is 28.4 Å². The van der Waals surface area contributed by atoms with Crippen LogP contribution in [0.2, 0.25) is 0 Å². The molecule has 0 aliphatic carbocycles. The SMILES string of the molecule is CC[C@H](C)[C@@H]1C(=O)N2c3ccccc3[C@@]3(O)C[C@@H](n4cnc5ccccc5c4=O)C(=O)N1[C@@H]23. The van der Waals surface area contributed by atoms with Crippen molar-refractivity contribution in [1.29, 1.82) is 0 Å². The summed E-state index contributed by atoms with van der Waals surface area (Å²) in [5, 5.41) is 12.5. The van der Waals surface area contributed by atoms with Crippen LogP contribution < -0.4 is 10.5 Å². The Hall–Kier alpha value is -3.52. The monoisotopic (exact) mass is 444 g/mol. The third-order valence-corrected chi connectivity index (χ3v) is 7.61. The van der Waals surface area contributed by atoms with Gasteiger partial charge in [-0.3, -0.25) is 23.9 Å². The minimum Gasteiger partial charge on any atom is -0.381 e. The van der Waals surface area contributed by atoms with Crippen LogP contribution in [0.15, 0.2) is 59.7 Å². The van der Waals surface area contributed by atoms with E-state index >= 15 is 0 Å². The van der Waals surface area contributed by atoms with Crippen LogP contribution in [0.1, 0.15) is 38.3 Å². The van der Waals surface area contributed by atoms with Crippen molar-refractivity contribution in [3.05, 3.63) is 70.8 Å². The van der Waals surface area contributed by atoms with Gasteiger partial charge < -0.3 is 10.0 Å². The molecule has 8 heteroatoms. The predicted octanol–water partition coefficient (Wildman–Crippen LogP) is 2.16. The van der Waals surface area contributed by atoms with Gasteiger partial charge in [0, 0.05) is 12.0 Å². The molecule has 3 aliphatic heterocycles. The highest BCUT2D eigenvalue weighted by atomic mass is 16.3. The second-order valence-corrected chi connectivity index (χ2v) is 9.29. The summed E-state index contributed by atoms with van der Waals surface area (Å²) in [5.74, 6) is -0.623. The molecule has 5 atom stereocenters. The minimum atomic E-state index is -1.49. The Morgan fingerprint density at radius 2 is 1.82 bits per heavy atom. The van der Waals surface area contributed by atoms with Crippen LogP contribution in [-0.2, 0) is 15.2 Å². The number of carbonyl (C=O) groups excluding carboxylic acids is 2. The van der Waals surface area contributed by atoms with E-state index in [1.807, 2.05) is 32.0 Å². The van der Waals surface area contributed by atoms with Gasteiger partial charge in [-0.1, -0.05) is 50.6 Å². The van der Waals surface area contributed by atoms with E-state index in [0.717, 1.165) is 0 Å². The molecule has 2 fully saturated rings. The number of benzene rings is 2. The molecule has 0 unspecified atom stereocenters. The second kappa shape index (κ2) is 6.74. The van der Waals surface area contributed by atoms with Gasteiger partial charge in [-0.15, -0.1) is 0 Å². The summed E-state index contributed by atoms with van der Waals surface area (Å²) in [6.45, 7) is 3.92. The molecule has 0 bridgehead atoms. The number of amides is 2. The van der Waals surface area contributed by atoms with Gasteiger partial charge in [0.05, 0.1) is 22.9 Å². The van der Waals surface area contributed by atoms with Crippen LogP contribution >= 0.6 is 0 Å². The average molecular weight is 444 g/mol. The van der Waals surface area contributed by atoms with Crippen LogP contribution in [0.5, 0.6) is 0 Å². The predicted molar refractivity (Wildman–Crippen MR) is 121 cm³/mol. The molecule has 2 amide bonds. The van der Waals surface area contributed by atoms with Gasteiger partial charge in [0.2, 0.25) is 5.91 Å². The number of anilines is 1. The van der Waals surface area contributed by atoms with Crippen LogP contribution in [0.3, 0.4) is 0 Å². The Bertz CT molecular complexity index is 1380. The molecule has 0 spiro atoms. The maximum Gasteiger partial charge on any atom is 0.261 e.